The molecule has 104 valence electrons. The topological polar surface area (TPSA) is 59.6 Å². The molecule has 0 aliphatic heterocycles. The summed E-state index contributed by atoms with van der Waals surface area (Å²) in [4.78, 5) is 4.21. The monoisotopic (exact) mass is 375 g/mol. The molecule has 0 fully saturated rings. The first-order valence-corrected chi connectivity index (χ1v) is 7.31. The zero-order valence-corrected chi connectivity index (χ0v) is 14.1. The van der Waals surface area contributed by atoms with Crippen LogP contribution in [0.2, 0.25) is 0 Å². The van der Waals surface area contributed by atoms with Crippen LogP contribution in [0.3, 0.4) is 0 Å². The summed E-state index contributed by atoms with van der Waals surface area (Å²) >= 11 is 1.88. The Morgan fingerprint density at radius 1 is 1.35 bits per heavy atom. The Morgan fingerprint density at radius 3 is 2.76 bits per heavy atom. The van der Waals surface area contributed by atoms with E-state index in [1.54, 1.807) is 0 Å². The molecule has 0 amide bonds. The lowest BCUT2D eigenvalue weighted by Crippen LogP contribution is -2.32. The summed E-state index contributed by atoms with van der Waals surface area (Å²) in [5.74, 6) is 1.77. The minimum Gasteiger partial charge on any atom is -0.382 e. The molecule has 0 aliphatic carbocycles. The number of rotatable bonds is 10. The van der Waals surface area contributed by atoms with E-state index < -0.39 is 0 Å². The summed E-state index contributed by atoms with van der Waals surface area (Å²) in [6.07, 6.45) is 5.44. The summed E-state index contributed by atoms with van der Waals surface area (Å²) < 4.78 is 5.21. The summed E-state index contributed by atoms with van der Waals surface area (Å²) in [5.41, 5.74) is 5.70. The van der Waals surface area contributed by atoms with Gasteiger partial charge in [-0.25, -0.2) is 0 Å². The van der Waals surface area contributed by atoms with Gasteiger partial charge in [-0.05, 0) is 38.2 Å². The first kappa shape index (κ1) is 19.6. The molecular formula is C11H26IN3OS. The van der Waals surface area contributed by atoms with Crippen LogP contribution in [-0.2, 0) is 4.74 Å². The number of ether oxygens (including phenoxy) is 1. The maximum atomic E-state index is 5.70. The first-order chi connectivity index (χ1) is 7.81. The Hall–Kier alpha value is 0.310. The number of thioether (sulfide) groups is 1. The van der Waals surface area contributed by atoms with Crippen molar-refractivity contribution in [2.45, 2.75) is 26.2 Å². The van der Waals surface area contributed by atoms with Crippen LogP contribution < -0.4 is 11.1 Å². The smallest absolute Gasteiger partial charge is 0.188 e. The number of halogens is 1. The largest absolute Gasteiger partial charge is 0.382 e. The third-order valence-corrected chi connectivity index (χ3v) is 2.71. The highest BCUT2D eigenvalue weighted by Crippen LogP contribution is 1.97. The van der Waals surface area contributed by atoms with Crippen LogP contribution in [0, 0.1) is 0 Å². The second kappa shape index (κ2) is 16.3. The highest BCUT2D eigenvalue weighted by atomic mass is 127. The average molecular weight is 375 g/mol. The van der Waals surface area contributed by atoms with Gasteiger partial charge in [-0.2, -0.15) is 11.8 Å². The summed E-state index contributed by atoms with van der Waals surface area (Å²) in [7, 11) is 0. The van der Waals surface area contributed by atoms with Crippen molar-refractivity contribution < 1.29 is 4.74 Å². The number of unbranched alkanes of at least 4 members (excludes halogenated alkanes) is 1. The van der Waals surface area contributed by atoms with Crippen LogP contribution in [0.4, 0.5) is 0 Å². The van der Waals surface area contributed by atoms with E-state index in [9.17, 15) is 0 Å². The lowest BCUT2D eigenvalue weighted by molar-refractivity contribution is 0.146. The highest BCUT2D eigenvalue weighted by molar-refractivity contribution is 14.0. The fourth-order valence-electron chi connectivity index (χ4n) is 1.15. The lowest BCUT2D eigenvalue weighted by atomic mass is 10.3. The third kappa shape index (κ3) is 16.3. The van der Waals surface area contributed by atoms with Gasteiger partial charge in [0.05, 0.1) is 0 Å². The van der Waals surface area contributed by atoms with E-state index in [-0.39, 0.29) is 24.0 Å². The Morgan fingerprint density at radius 2 is 2.12 bits per heavy atom. The number of guanidine groups is 1. The maximum absolute atomic E-state index is 5.70. The van der Waals surface area contributed by atoms with Gasteiger partial charge >= 0.3 is 0 Å². The van der Waals surface area contributed by atoms with Crippen molar-refractivity contribution in [1.82, 2.24) is 5.32 Å². The summed E-state index contributed by atoms with van der Waals surface area (Å²) in [6.45, 7) is 5.19. The van der Waals surface area contributed by atoms with Crippen molar-refractivity contribution >= 4 is 41.7 Å². The van der Waals surface area contributed by atoms with Gasteiger partial charge in [0, 0.05) is 26.3 Å². The van der Waals surface area contributed by atoms with Crippen molar-refractivity contribution in [3.05, 3.63) is 0 Å². The zero-order chi connectivity index (χ0) is 12.1. The molecule has 0 aromatic heterocycles. The van der Waals surface area contributed by atoms with Crippen LogP contribution >= 0.6 is 35.7 Å². The molecule has 0 spiro atoms. The van der Waals surface area contributed by atoms with Gasteiger partial charge in [-0.1, -0.05) is 0 Å². The predicted molar refractivity (Wildman–Crippen MR) is 88.6 cm³/mol. The quantitative estimate of drug-likeness (QED) is 0.266. The van der Waals surface area contributed by atoms with E-state index in [1.165, 1.54) is 12.2 Å². The van der Waals surface area contributed by atoms with E-state index in [4.69, 9.17) is 10.5 Å². The molecule has 4 nitrogen and oxygen atoms in total. The summed E-state index contributed by atoms with van der Waals surface area (Å²) in [5, 5.41) is 3.11. The SMILES string of the molecule is CCOCCCN=C(N)NCCCCSC.I. The fraction of sp³-hybridized carbons (Fsp3) is 0.909. The lowest BCUT2D eigenvalue weighted by Gasteiger charge is -2.05. The number of nitrogens with zero attached hydrogens (tertiary/aromatic N) is 1. The molecule has 0 aliphatic rings. The van der Waals surface area contributed by atoms with Crippen LogP contribution in [0.25, 0.3) is 0 Å². The van der Waals surface area contributed by atoms with Gasteiger partial charge in [0.25, 0.3) is 0 Å². The molecule has 0 aromatic carbocycles. The van der Waals surface area contributed by atoms with Crippen LogP contribution in [-0.4, -0.2) is 44.3 Å². The predicted octanol–water partition coefficient (Wildman–Crippen LogP) is 2.08. The molecule has 0 bridgehead atoms. The van der Waals surface area contributed by atoms with E-state index in [0.29, 0.717) is 5.96 Å². The third-order valence-electron chi connectivity index (χ3n) is 2.01. The Labute approximate surface area is 127 Å². The molecule has 3 N–H and O–H groups in total. The van der Waals surface area contributed by atoms with E-state index >= 15 is 0 Å². The minimum absolute atomic E-state index is 0. The zero-order valence-electron chi connectivity index (χ0n) is 10.9. The van der Waals surface area contributed by atoms with Crippen molar-refractivity contribution in [1.29, 1.82) is 0 Å². The normalized spacial score (nSPS) is 11.1. The molecule has 0 rings (SSSR count). The Bertz CT molecular complexity index is 182. The molecule has 0 saturated carbocycles. The van der Waals surface area contributed by atoms with Crippen molar-refractivity contribution in [2.75, 3.05) is 38.3 Å². The minimum atomic E-state index is 0. The standard InChI is InChI=1S/C11H25N3OS.HI/c1-3-15-9-6-8-14-11(12)13-7-4-5-10-16-2;/h3-10H2,1-2H3,(H3,12,13,14);1H. The molecule has 17 heavy (non-hydrogen) atoms. The molecule has 0 atom stereocenters. The first-order valence-electron chi connectivity index (χ1n) is 5.91. The average Bonchev–Trinajstić information content (AvgIpc) is 2.28. The number of hydrogen-bond acceptors (Lipinski definition) is 3. The van der Waals surface area contributed by atoms with Crippen LogP contribution in [0.15, 0.2) is 4.99 Å². The number of nitrogens with one attached hydrogen (secondary N) is 1. The van der Waals surface area contributed by atoms with E-state index in [1.807, 2.05) is 18.7 Å². The molecular weight excluding hydrogens is 349 g/mol. The van der Waals surface area contributed by atoms with Gasteiger partial charge in [-0.15, -0.1) is 24.0 Å². The van der Waals surface area contributed by atoms with Gasteiger partial charge in [0.2, 0.25) is 0 Å². The summed E-state index contributed by atoms with van der Waals surface area (Å²) in [6, 6.07) is 0. The second-order valence-corrected chi connectivity index (χ2v) is 4.43. The van der Waals surface area contributed by atoms with E-state index in [2.05, 4.69) is 16.6 Å². The molecule has 0 unspecified atom stereocenters. The number of nitrogens with two attached hydrogens (primary N) is 1. The second-order valence-electron chi connectivity index (χ2n) is 3.44. The Kier molecular flexibility index (Phi) is 18.8. The number of aliphatic imine (C=N–C) groups is 1. The van der Waals surface area contributed by atoms with Gasteiger partial charge in [0.15, 0.2) is 5.96 Å². The Balaban J connectivity index is 0. The fourth-order valence-corrected chi connectivity index (χ4v) is 1.65. The van der Waals surface area contributed by atoms with Crippen LogP contribution in [0.1, 0.15) is 26.2 Å². The molecule has 6 heteroatoms. The molecule has 0 radical (unpaired) electrons. The molecule has 0 heterocycles. The molecule has 0 aromatic rings. The highest BCUT2D eigenvalue weighted by Gasteiger charge is 1.92. The van der Waals surface area contributed by atoms with Gasteiger partial charge < -0.3 is 15.8 Å². The van der Waals surface area contributed by atoms with Gasteiger partial charge in [0.1, 0.15) is 0 Å². The van der Waals surface area contributed by atoms with Crippen molar-refractivity contribution in [3.63, 3.8) is 0 Å². The van der Waals surface area contributed by atoms with Crippen LogP contribution in [0.5, 0.6) is 0 Å². The van der Waals surface area contributed by atoms with Crippen molar-refractivity contribution in [3.8, 4) is 0 Å². The maximum Gasteiger partial charge on any atom is 0.188 e. The van der Waals surface area contributed by atoms with Gasteiger partial charge in [-0.3, -0.25) is 4.99 Å². The van der Waals surface area contributed by atoms with E-state index in [0.717, 1.165) is 39.1 Å². The molecule has 0 saturated heterocycles. The van der Waals surface area contributed by atoms with Crippen molar-refractivity contribution in [2.24, 2.45) is 10.7 Å². The number of hydrogen-bond donors (Lipinski definition) is 2.